The summed E-state index contributed by atoms with van der Waals surface area (Å²) in [6.45, 7) is 0. The van der Waals surface area contributed by atoms with Crippen molar-refractivity contribution in [3.8, 4) is 5.75 Å². The molecule has 162 valence electrons. The van der Waals surface area contributed by atoms with Crippen LogP contribution < -0.4 is 15.4 Å². The van der Waals surface area contributed by atoms with Gasteiger partial charge in [-0.25, -0.2) is 0 Å². The molecule has 0 aliphatic heterocycles. The standard InChI is InChI=1S/C26H30N2O3/c1-31-23-5-3-2-4-22(23)28-25(30)20-6-8-21(9-7-20)27-24(29)16-26-13-17-10-18(14-26)12-19(11-17)15-26/h2-9,17-19H,10-16H2,1H3,(H,27,29)(H,28,30). The predicted octanol–water partition coefficient (Wildman–Crippen LogP) is 5.49. The van der Waals surface area contributed by atoms with Crippen molar-refractivity contribution in [3.05, 3.63) is 54.1 Å². The fourth-order valence-corrected chi connectivity index (χ4v) is 6.70. The van der Waals surface area contributed by atoms with Crippen LogP contribution in [0.3, 0.4) is 0 Å². The van der Waals surface area contributed by atoms with Gasteiger partial charge in [0.15, 0.2) is 0 Å². The molecule has 2 amide bonds. The van der Waals surface area contributed by atoms with E-state index in [0.717, 1.165) is 23.4 Å². The highest BCUT2D eigenvalue weighted by atomic mass is 16.5. The summed E-state index contributed by atoms with van der Waals surface area (Å²) >= 11 is 0. The minimum atomic E-state index is -0.212. The molecule has 0 spiro atoms. The van der Waals surface area contributed by atoms with Gasteiger partial charge in [-0.2, -0.15) is 0 Å². The molecule has 31 heavy (non-hydrogen) atoms. The fourth-order valence-electron chi connectivity index (χ4n) is 6.70. The van der Waals surface area contributed by atoms with Gasteiger partial charge in [0.25, 0.3) is 5.91 Å². The molecule has 2 aromatic rings. The lowest BCUT2D eigenvalue weighted by molar-refractivity contribution is -0.124. The number of carbonyl (C=O) groups excluding carboxylic acids is 2. The minimum Gasteiger partial charge on any atom is -0.495 e. The summed E-state index contributed by atoms with van der Waals surface area (Å²) in [6.07, 6.45) is 8.49. The van der Waals surface area contributed by atoms with Gasteiger partial charge in [0, 0.05) is 17.7 Å². The highest BCUT2D eigenvalue weighted by Gasteiger charge is 2.51. The largest absolute Gasteiger partial charge is 0.495 e. The second-order valence-electron chi connectivity index (χ2n) is 9.87. The predicted molar refractivity (Wildman–Crippen MR) is 121 cm³/mol. The lowest BCUT2D eigenvalue weighted by atomic mass is 9.49. The van der Waals surface area contributed by atoms with Crippen molar-refractivity contribution in [3.63, 3.8) is 0 Å². The van der Waals surface area contributed by atoms with Gasteiger partial charge in [-0.15, -0.1) is 0 Å². The monoisotopic (exact) mass is 418 g/mol. The van der Waals surface area contributed by atoms with Crippen LogP contribution >= 0.6 is 0 Å². The summed E-state index contributed by atoms with van der Waals surface area (Å²) < 4.78 is 5.28. The van der Waals surface area contributed by atoms with Crippen LogP contribution in [-0.2, 0) is 4.79 Å². The quantitative estimate of drug-likeness (QED) is 0.652. The molecule has 0 saturated heterocycles. The molecule has 2 aromatic carbocycles. The third kappa shape index (κ3) is 4.18. The van der Waals surface area contributed by atoms with Crippen molar-refractivity contribution in [1.29, 1.82) is 0 Å². The molecule has 0 atom stereocenters. The van der Waals surface area contributed by atoms with Crippen molar-refractivity contribution in [2.24, 2.45) is 23.2 Å². The Morgan fingerprint density at radius 2 is 1.52 bits per heavy atom. The van der Waals surface area contributed by atoms with Crippen LogP contribution in [0.5, 0.6) is 5.75 Å². The number of amides is 2. The van der Waals surface area contributed by atoms with E-state index < -0.39 is 0 Å². The SMILES string of the molecule is COc1ccccc1NC(=O)c1ccc(NC(=O)CC23CC4CC(CC(C4)C2)C3)cc1. The van der Waals surface area contributed by atoms with Crippen molar-refractivity contribution in [1.82, 2.24) is 0 Å². The van der Waals surface area contributed by atoms with E-state index in [2.05, 4.69) is 10.6 Å². The molecule has 4 saturated carbocycles. The summed E-state index contributed by atoms with van der Waals surface area (Å²) in [7, 11) is 1.58. The maximum Gasteiger partial charge on any atom is 0.255 e. The first-order chi connectivity index (χ1) is 15.0. The average Bonchev–Trinajstić information content (AvgIpc) is 2.73. The topological polar surface area (TPSA) is 67.4 Å². The van der Waals surface area contributed by atoms with E-state index in [1.807, 2.05) is 12.1 Å². The number of carbonyl (C=O) groups is 2. The number of rotatable bonds is 6. The normalized spacial score (nSPS) is 28.2. The number of hydrogen-bond donors (Lipinski definition) is 2. The van der Waals surface area contributed by atoms with Crippen molar-refractivity contribution >= 4 is 23.2 Å². The zero-order valence-corrected chi connectivity index (χ0v) is 18.0. The molecule has 4 aliphatic carbocycles. The van der Waals surface area contributed by atoms with E-state index >= 15 is 0 Å². The van der Waals surface area contributed by atoms with Crippen molar-refractivity contribution in [2.75, 3.05) is 17.7 Å². The zero-order valence-electron chi connectivity index (χ0n) is 18.0. The Bertz CT molecular complexity index is 947. The minimum absolute atomic E-state index is 0.105. The lowest BCUT2D eigenvalue weighted by Crippen LogP contribution is -2.47. The number of anilines is 2. The van der Waals surface area contributed by atoms with Gasteiger partial charge in [0.1, 0.15) is 5.75 Å². The van der Waals surface area contributed by atoms with Crippen LogP contribution in [0, 0.1) is 23.2 Å². The zero-order chi connectivity index (χ0) is 21.4. The van der Waals surface area contributed by atoms with Crippen LogP contribution in [0.15, 0.2) is 48.5 Å². The van der Waals surface area contributed by atoms with E-state index in [4.69, 9.17) is 4.74 Å². The van der Waals surface area contributed by atoms with Gasteiger partial charge in [-0.05, 0) is 98.1 Å². The molecule has 0 aromatic heterocycles. The Morgan fingerprint density at radius 1 is 0.903 bits per heavy atom. The molecule has 0 unspecified atom stereocenters. The first-order valence-corrected chi connectivity index (χ1v) is 11.4. The molecule has 0 radical (unpaired) electrons. The molecule has 5 nitrogen and oxygen atoms in total. The number of nitrogens with one attached hydrogen (secondary N) is 2. The summed E-state index contributed by atoms with van der Waals surface area (Å²) in [6, 6.07) is 14.4. The lowest BCUT2D eigenvalue weighted by Gasteiger charge is -2.56. The number of benzene rings is 2. The van der Waals surface area contributed by atoms with Crippen LogP contribution in [0.25, 0.3) is 0 Å². The Hall–Kier alpha value is -2.82. The van der Waals surface area contributed by atoms with Crippen LogP contribution in [0.4, 0.5) is 11.4 Å². The van der Waals surface area contributed by atoms with Crippen LogP contribution in [-0.4, -0.2) is 18.9 Å². The highest BCUT2D eigenvalue weighted by molar-refractivity contribution is 6.05. The second-order valence-corrected chi connectivity index (χ2v) is 9.87. The van der Waals surface area contributed by atoms with E-state index in [9.17, 15) is 9.59 Å². The number of hydrogen-bond acceptors (Lipinski definition) is 3. The molecule has 5 heteroatoms. The fraction of sp³-hybridized carbons (Fsp3) is 0.462. The van der Waals surface area contributed by atoms with E-state index in [1.54, 1.807) is 43.5 Å². The van der Waals surface area contributed by atoms with Crippen LogP contribution in [0.1, 0.15) is 55.3 Å². The molecule has 0 heterocycles. The summed E-state index contributed by atoms with van der Waals surface area (Å²) in [5.41, 5.74) is 2.13. The van der Waals surface area contributed by atoms with Gasteiger partial charge in [0.05, 0.1) is 12.8 Å². The van der Waals surface area contributed by atoms with E-state index in [0.29, 0.717) is 23.4 Å². The maximum atomic E-state index is 12.8. The third-order valence-electron chi connectivity index (χ3n) is 7.49. The molecule has 4 aliphatic rings. The molecule has 4 bridgehead atoms. The van der Waals surface area contributed by atoms with Gasteiger partial charge < -0.3 is 15.4 Å². The molecular weight excluding hydrogens is 388 g/mol. The summed E-state index contributed by atoms with van der Waals surface area (Å²) in [4.78, 5) is 25.4. The highest BCUT2D eigenvalue weighted by Crippen LogP contribution is 2.61. The Morgan fingerprint density at radius 3 is 2.13 bits per heavy atom. The van der Waals surface area contributed by atoms with Crippen molar-refractivity contribution in [2.45, 2.75) is 44.9 Å². The number of methoxy groups -OCH3 is 1. The first kappa shape index (κ1) is 20.1. The van der Waals surface area contributed by atoms with Crippen molar-refractivity contribution < 1.29 is 14.3 Å². The van der Waals surface area contributed by atoms with E-state index in [-0.39, 0.29) is 17.2 Å². The molecule has 2 N–H and O–H groups in total. The number of para-hydroxylation sites is 2. The Kier molecular flexibility index (Phi) is 5.20. The van der Waals surface area contributed by atoms with Crippen LogP contribution in [0.2, 0.25) is 0 Å². The Labute approximate surface area is 183 Å². The number of ether oxygens (including phenoxy) is 1. The first-order valence-electron chi connectivity index (χ1n) is 11.4. The molecular formula is C26H30N2O3. The second kappa shape index (κ2) is 8.03. The van der Waals surface area contributed by atoms with Gasteiger partial charge in [-0.3, -0.25) is 9.59 Å². The van der Waals surface area contributed by atoms with Gasteiger partial charge in [-0.1, -0.05) is 12.1 Å². The van der Waals surface area contributed by atoms with E-state index in [1.165, 1.54) is 38.5 Å². The third-order valence-corrected chi connectivity index (χ3v) is 7.49. The summed E-state index contributed by atoms with van der Waals surface area (Å²) in [5.74, 6) is 3.05. The average molecular weight is 419 g/mol. The summed E-state index contributed by atoms with van der Waals surface area (Å²) in [5, 5.41) is 5.93. The van der Waals surface area contributed by atoms with Gasteiger partial charge >= 0.3 is 0 Å². The maximum absolute atomic E-state index is 12.8. The van der Waals surface area contributed by atoms with Gasteiger partial charge in [0.2, 0.25) is 5.91 Å². The molecule has 4 fully saturated rings. The smallest absolute Gasteiger partial charge is 0.255 e. The molecule has 6 rings (SSSR count). The Balaban J connectivity index is 1.19.